The van der Waals surface area contributed by atoms with Gasteiger partial charge in [0, 0.05) is 5.56 Å². The highest BCUT2D eigenvalue weighted by Crippen LogP contribution is 2.20. The highest BCUT2D eigenvalue weighted by atomic mass is 16.1. The first-order valence-electron chi connectivity index (χ1n) is 5.78. The minimum atomic E-state index is -0.283. The predicted octanol–water partition coefficient (Wildman–Crippen LogP) is 2.70. The summed E-state index contributed by atoms with van der Waals surface area (Å²) < 4.78 is 0. The Kier molecular flexibility index (Phi) is 3.48. The van der Waals surface area contributed by atoms with Crippen LogP contribution in [-0.4, -0.2) is 5.91 Å². The summed E-state index contributed by atoms with van der Waals surface area (Å²) in [4.78, 5) is 12.1. The second kappa shape index (κ2) is 5.23. The van der Waals surface area contributed by atoms with E-state index in [1.807, 2.05) is 19.1 Å². The number of hydrogen-bond acceptors (Lipinski definition) is 3. The fraction of sp³-hybridized carbons (Fsp3) is 0.0667. The van der Waals surface area contributed by atoms with Crippen molar-refractivity contribution in [3.05, 3.63) is 59.2 Å². The third-order valence-electron chi connectivity index (χ3n) is 2.71. The zero-order chi connectivity index (χ0) is 13.8. The number of hydrogen-bond donors (Lipinski definition) is 2. The molecule has 0 atom stereocenters. The smallest absolute Gasteiger partial charge is 0.255 e. The van der Waals surface area contributed by atoms with Gasteiger partial charge in [0.1, 0.15) is 0 Å². The second-order valence-electron chi connectivity index (χ2n) is 4.24. The van der Waals surface area contributed by atoms with Crippen molar-refractivity contribution in [3.63, 3.8) is 0 Å². The van der Waals surface area contributed by atoms with Crippen molar-refractivity contribution in [1.29, 1.82) is 5.26 Å². The molecule has 94 valence electrons. The lowest BCUT2D eigenvalue weighted by molar-refractivity contribution is 0.102. The van der Waals surface area contributed by atoms with Crippen molar-refractivity contribution < 1.29 is 4.79 Å². The van der Waals surface area contributed by atoms with E-state index in [1.54, 1.807) is 36.4 Å². The summed E-state index contributed by atoms with van der Waals surface area (Å²) in [6.45, 7) is 1.92. The predicted molar refractivity (Wildman–Crippen MR) is 74.7 cm³/mol. The molecule has 4 nitrogen and oxygen atoms in total. The maximum absolute atomic E-state index is 12.1. The summed E-state index contributed by atoms with van der Waals surface area (Å²) >= 11 is 0. The summed E-state index contributed by atoms with van der Waals surface area (Å²) in [6, 6.07) is 14.0. The zero-order valence-electron chi connectivity index (χ0n) is 10.5. The summed E-state index contributed by atoms with van der Waals surface area (Å²) in [6.07, 6.45) is 0. The Balaban J connectivity index is 2.26. The molecule has 0 aliphatic carbocycles. The number of anilines is 2. The lowest BCUT2D eigenvalue weighted by atomic mass is 10.1. The number of carbonyl (C=O) groups is 1. The Morgan fingerprint density at radius 3 is 2.79 bits per heavy atom. The van der Waals surface area contributed by atoms with Crippen LogP contribution in [0.3, 0.4) is 0 Å². The van der Waals surface area contributed by atoms with E-state index < -0.39 is 0 Å². The van der Waals surface area contributed by atoms with E-state index in [4.69, 9.17) is 11.0 Å². The average molecular weight is 251 g/mol. The van der Waals surface area contributed by atoms with E-state index in [0.29, 0.717) is 22.5 Å². The van der Waals surface area contributed by atoms with Crippen molar-refractivity contribution in [3.8, 4) is 6.07 Å². The Bertz CT molecular complexity index is 671. The highest BCUT2D eigenvalue weighted by Gasteiger charge is 2.08. The largest absolute Gasteiger partial charge is 0.397 e. The first-order chi connectivity index (χ1) is 9.10. The van der Waals surface area contributed by atoms with Crippen LogP contribution < -0.4 is 11.1 Å². The lowest BCUT2D eigenvalue weighted by Crippen LogP contribution is -2.13. The van der Waals surface area contributed by atoms with Gasteiger partial charge in [-0.1, -0.05) is 12.1 Å². The van der Waals surface area contributed by atoms with Crippen LogP contribution in [0.2, 0.25) is 0 Å². The number of benzene rings is 2. The average Bonchev–Trinajstić information content (AvgIpc) is 2.43. The monoisotopic (exact) mass is 251 g/mol. The molecule has 0 aliphatic heterocycles. The molecule has 2 aromatic carbocycles. The SMILES string of the molecule is Cc1ccc(N)c(NC(=O)c2cccc(C#N)c2)c1. The van der Waals surface area contributed by atoms with Crippen LogP contribution in [0.15, 0.2) is 42.5 Å². The third kappa shape index (κ3) is 2.90. The molecule has 3 N–H and O–H groups in total. The quantitative estimate of drug-likeness (QED) is 0.805. The highest BCUT2D eigenvalue weighted by molar-refractivity contribution is 6.05. The number of nitrogens with two attached hydrogens (primary N) is 1. The molecule has 0 spiro atoms. The van der Waals surface area contributed by atoms with Crippen LogP contribution in [0.4, 0.5) is 11.4 Å². The molecule has 0 radical (unpaired) electrons. The summed E-state index contributed by atoms with van der Waals surface area (Å²) in [7, 11) is 0. The molecule has 4 heteroatoms. The van der Waals surface area contributed by atoms with E-state index >= 15 is 0 Å². The summed E-state index contributed by atoms with van der Waals surface area (Å²) in [5.74, 6) is -0.283. The zero-order valence-corrected chi connectivity index (χ0v) is 10.5. The van der Waals surface area contributed by atoms with Crippen molar-refractivity contribution in [2.75, 3.05) is 11.1 Å². The molecule has 0 fully saturated rings. The van der Waals surface area contributed by atoms with Gasteiger partial charge in [-0.2, -0.15) is 5.26 Å². The number of amides is 1. The normalized spacial score (nSPS) is 9.68. The van der Waals surface area contributed by atoms with Gasteiger partial charge in [-0.15, -0.1) is 0 Å². The Morgan fingerprint density at radius 2 is 2.05 bits per heavy atom. The lowest BCUT2D eigenvalue weighted by Gasteiger charge is -2.09. The Hall–Kier alpha value is -2.80. The third-order valence-corrected chi connectivity index (χ3v) is 2.71. The van der Waals surface area contributed by atoms with Gasteiger partial charge >= 0.3 is 0 Å². The number of rotatable bonds is 2. The molecule has 0 saturated heterocycles. The molecule has 0 bridgehead atoms. The van der Waals surface area contributed by atoms with Gasteiger partial charge in [0.05, 0.1) is 23.0 Å². The van der Waals surface area contributed by atoms with Crippen LogP contribution >= 0.6 is 0 Å². The van der Waals surface area contributed by atoms with E-state index in [1.165, 1.54) is 0 Å². The summed E-state index contributed by atoms with van der Waals surface area (Å²) in [5.41, 5.74) is 8.78. The van der Waals surface area contributed by atoms with Crippen molar-refractivity contribution in [2.45, 2.75) is 6.92 Å². The molecule has 0 heterocycles. The van der Waals surface area contributed by atoms with Crippen molar-refractivity contribution in [2.24, 2.45) is 0 Å². The fourth-order valence-electron chi connectivity index (χ4n) is 1.70. The molecule has 0 unspecified atom stereocenters. The maximum atomic E-state index is 12.1. The molecule has 0 saturated carbocycles. The van der Waals surface area contributed by atoms with Gasteiger partial charge in [-0.25, -0.2) is 0 Å². The van der Waals surface area contributed by atoms with Gasteiger partial charge in [-0.3, -0.25) is 4.79 Å². The topological polar surface area (TPSA) is 78.9 Å². The van der Waals surface area contributed by atoms with Crippen LogP contribution in [0.1, 0.15) is 21.5 Å². The number of nitrogens with one attached hydrogen (secondary N) is 1. The summed E-state index contributed by atoms with van der Waals surface area (Å²) in [5, 5.41) is 11.6. The first kappa shape index (κ1) is 12.7. The van der Waals surface area contributed by atoms with Crippen LogP contribution in [-0.2, 0) is 0 Å². The molecule has 1 amide bonds. The van der Waals surface area contributed by atoms with Gasteiger partial charge in [0.2, 0.25) is 0 Å². The number of aryl methyl sites for hydroxylation is 1. The fourth-order valence-corrected chi connectivity index (χ4v) is 1.70. The van der Waals surface area contributed by atoms with Gasteiger partial charge in [0.15, 0.2) is 0 Å². The number of nitriles is 1. The van der Waals surface area contributed by atoms with Crippen molar-refractivity contribution >= 4 is 17.3 Å². The van der Waals surface area contributed by atoms with E-state index in [0.717, 1.165) is 5.56 Å². The molecule has 19 heavy (non-hydrogen) atoms. The second-order valence-corrected chi connectivity index (χ2v) is 4.24. The van der Waals surface area contributed by atoms with Crippen LogP contribution in [0, 0.1) is 18.3 Å². The molecular formula is C15H13N3O. The Morgan fingerprint density at radius 1 is 1.26 bits per heavy atom. The number of nitrogens with zero attached hydrogens (tertiary/aromatic N) is 1. The molecular weight excluding hydrogens is 238 g/mol. The molecule has 0 aromatic heterocycles. The van der Waals surface area contributed by atoms with Gasteiger partial charge < -0.3 is 11.1 Å². The van der Waals surface area contributed by atoms with Crippen molar-refractivity contribution in [1.82, 2.24) is 0 Å². The van der Waals surface area contributed by atoms with E-state index in [2.05, 4.69) is 5.32 Å². The van der Waals surface area contributed by atoms with Gasteiger partial charge in [-0.05, 0) is 42.8 Å². The minimum Gasteiger partial charge on any atom is -0.397 e. The number of carbonyl (C=O) groups excluding carboxylic acids is 1. The molecule has 0 aliphatic rings. The van der Waals surface area contributed by atoms with Gasteiger partial charge in [0.25, 0.3) is 5.91 Å². The molecule has 2 rings (SSSR count). The van der Waals surface area contributed by atoms with E-state index in [-0.39, 0.29) is 5.91 Å². The maximum Gasteiger partial charge on any atom is 0.255 e. The van der Waals surface area contributed by atoms with Crippen LogP contribution in [0.5, 0.6) is 0 Å². The number of nitrogen functional groups attached to an aromatic ring is 1. The minimum absolute atomic E-state index is 0.283. The standard InChI is InChI=1S/C15H13N3O/c1-10-5-6-13(17)14(7-10)18-15(19)12-4-2-3-11(8-12)9-16/h2-8H,17H2,1H3,(H,18,19). The van der Waals surface area contributed by atoms with E-state index in [9.17, 15) is 4.79 Å². The van der Waals surface area contributed by atoms with Crippen LogP contribution in [0.25, 0.3) is 0 Å². The first-order valence-corrected chi connectivity index (χ1v) is 5.78. The Labute approximate surface area is 111 Å². The molecule has 2 aromatic rings.